The molecule has 112 valence electrons. The molecule has 0 aromatic heterocycles. The van der Waals surface area contributed by atoms with Crippen molar-refractivity contribution in [2.24, 2.45) is 0 Å². The topological polar surface area (TPSA) is 66.8 Å². The Bertz CT molecular complexity index is 471. The van der Waals surface area contributed by atoms with E-state index in [1.165, 1.54) is 19.9 Å². The Balaban J connectivity index is 3.07. The van der Waals surface area contributed by atoms with Crippen molar-refractivity contribution >= 4 is 5.97 Å². The van der Waals surface area contributed by atoms with E-state index in [1.54, 1.807) is 0 Å². The molecule has 0 fully saturated rings. The van der Waals surface area contributed by atoms with Crippen molar-refractivity contribution in [3.05, 3.63) is 35.4 Å². The van der Waals surface area contributed by atoms with Crippen LogP contribution in [0.1, 0.15) is 31.1 Å². The molecule has 0 heterocycles. The van der Waals surface area contributed by atoms with Gasteiger partial charge in [0.25, 0.3) is 0 Å². The van der Waals surface area contributed by atoms with Crippen LogP contribution < -0.4 is 0 Å². The predicted molar refractivity (Wildman–Crippen MR) is 64.0 cm³/mol. The Hall–Kier alpha value is -1.60. The maximum atomic E-state index is 12.6. The van der Waals surface area contributed by atoms with E-state index < -0.39 is 36.0 Å². The van der Waals surface area contributed by atoms with Gasteiger partial charge in [0, 0.05) is 0 Å². The lowest BCUT2D eigenvalue weighted by atomic mass is 10.1. The maximum absolute atomic E-state index is 12.6. The molecule has 0 spiro atoms. The zero-order valence-corrected chi connectivity index (χ0v) is 10.9. The Kier molecular flexibility index (Phi) is 5.13. The van der Waals surface area contributed by atoms with Crippen molar-refractivity contribution in [1.29, 1.82) is 0 Å². The first kappa shape index (κ1) is 16.5. The second-order valence-corrected chi connectivity index (χ2v) is 4.42. The van der Waals surface area contributed by atoms with Gasteiger partial charge in [-0.15, -0.1) is 0 Å². The van der Waals surface area contributed by atoms with Crippen molar-refractivity contribution in [3.8, 4) is 0 Å². The molecule has 3 atom stereocenters. The number of hydrogen-bond donors (Lipinski definition) is 2. The molecule has 3 unspecified atom stereocenters. The molecule has 1 rings (SSSR count). The fourth-order valence-corrected chi connectivity index (χ4v) is 1.49. The Morgan fingerprint density at radius 3 is 2.35 bits per heavy atom. The van der Waals surface area contributed by atoms with Crippen LogP contribution in [-0.2, 0) is 15.7 Å². The van der Waals surface area contributed by atoms with Gasteiger partial charge in [0.15, 0.2) is 6.10 Å². The van der Waals surface area contributed by atoms with E-state index in [4.69, 9.17) is 9.84 Å². The molecule has 0 radical (unpaired) electrons. The molecular formula is C13H15F3O4. The van der Waals surface area contributed by atoms with E-state index >= 15 is 0 Å². The van der Waals surface area contributed by atoms with Gasteiger partial charge in [-0.3, -0.25) is 0 Å². The van der Waals surface area contributed by atoms with Gasteiger partial charge in [0.1, 0.15) is 0 Å². The summed E-state index contributed by atoms with van der Waals surface area (Å²) in [6.45, 7) is 2.84. The van der Waals surface area contributed by atoms with E-state index in [2.05, 4.69) is 0 Å². The summed E-state index contributed by atoms with van der Waals surface area (Å²) in [5.41, 5.74) is -1.07. The Morgan fingerprint density at radius 2 is 1.90 bits per heavy atom. The van der Waals surface area contributed by atoms with Gasteiger partial charge in [-0.05, 0) is 31.5 Å². The van der Waals surface area contributed by atoms with E-state index in [9.17, 15) is 23.1 Å². The monoisotopic (exact) mass is 292 g/mol. The Labute approximate surface area is 113 Å². The fraction of sp³-hybridized carbons (Fsp3) is 0.462. The summed E-state index contributed by atoms with van der Waals surface area (Å²) in [5.74, 6) is -1.42. The number of halogens is 3. The van der Waals surface area contributed by atoms with Gasteiger partial charge < -0.3 is 14.9 Å². The summed E-state index contributed by atoms with van der Waals surface area (Å²) in [5, 5.41) is 18.3. The first-order valence-corrected chi connectivity index (χ1v) is 5.86. The number of carbonyl (C=O) groups is 1. The number of ether oxygens (including phenoxy) is 1. The Morgan fingerprint density at radius 1 is 1.30 bits per heavy atom. The molecule has 2 N–H and O–H groups in total. The predicted octanol–water partition coefficient (Wildman–Crippen LogP) is 2.62. The van der Waals surface area contributed by atoms with E-state index in [-0.39, 0.29) is 5.56 Å². The summed E-state index contributed by atoms with van der Waals surface area (Å²) in [7, 11) is 0. The number of rotatable bonds is 5. The van der Waals surface area contributed by atoms with Gasteiger partial charge in [-0.1, -0.05) is 12.1 Å². The molecule has 0 aliphatic heterocycles. The van der Waals surface area contributed by atoms with Crippen molar-refractivity contribution in [3.63, 3.8) is 0 Å². The molecule has 0 saturated heterocycles. The van der Waals surface area contributed by atoms with Gasteiger partial charge in [-0.25, -0.2) is 4.79 Å². The smallest absolute Gasteiger partial charge is 0.416 e. The van der Waals surface area contributed by atoms with Crippen LogP contribution in [0.5, 0.6) is 0 Å². The van der Waals surface area contributed by atoms with Gasteiger partial charge >= 0.3 is 12.1 Å². The third-order valence-electron chi connectivity index (χ3n) is 2.77. The van der Waals surface area contributed by atoms with Crippen molar-refractivity contribution in [1.82, 2.24) is 0 Å². The lowest BCUT2D eigenvalue weighted by Crippen LogP contribution is -2.28. The fourth-order valence-electron chi connectivity index (χ4n) is 1.49. The SMILES string of the molecule is CC(O)C(C)OC(C(=O)O)c1cccc(C(F)(F)F)c1. The van der Waals surface area contributed by atoms with Crippen LogP contribution in [0.4, 0.5) is 13.2 Å². The van der Waals surface area contributed by atoms with E-state index in [0.29, 0.717) is 0 Å². The standard InChI is InChI=1S/C13H15F3O4/c1-7(17)8(2)20-11(12(18)19)9-4-3-5-10(6-9)13(14,15)16/h3-8,11,17H,1-2H3,(H,18,19). The average molecular weight is 292 g/mol. The van der Waals surface area contributed by atoms with Crippen LogP contribution in [0, 0.1) is 0 Å². The number of alkyl halides is 3. The summed E-state index contributed by atoms with van der Waals surface area (Å²) in [6.07, 6.45) is -7.90. The lowest BCUT2D eigenvalue weighted by molar-refractivity contribution is -0.158. The summed E-state index contributed by atoms with van der Waals surface area (Å²) in [4.78, 5) is 11.1. The van der Waals surface area contributed by atoms with E-state index in [0.717, 1.165) is 18.2 Å². The third-order valence-corrected chi connectivity index (χ3v) is 2.77. The second-order valence-electron chi connectivity index (χ2n) is 4.42. The number of aliphatic hydroxyl groups excluding tert-OH is 1. The molecule has 7 heteroatoms. The maximum Gasteiger partial charge on any atom is 0.416 e. The van der Waals surface area contributed by atoms with Crippen LogP contribution in [0.2, 0.25) is 0 Å². The number of hydrogen-bond acceptors (Lipinski definition) is 3. The van der Waals surface area contributed by atoms with Crippen LogP contribution in [0.3, 0.4) is 0 Å². The van der Waals surface area contributed by atoms with Crippen LogP contribution in [0.25, 0.3) is 0 Å². The third kappa shape index (κ3) is 4.21. The molecule has 0 bridgehead atoms. The molecule has 1 aromatic carbocycles. The zero-order valence-electron chi connectivity index (χ0n) is 10.9. The molecule has 20 heavy (non-hydrogen) atoms. The molecule has 0 aliphatic carbocycles. The minimum absolute atomic E-state index is 0.125. The second kappa shape index (κ2) is 6.23. The van der Waals surface area contributed by atoms with Gasteiger partial charge in [0.05, 0.1) is 17.8 Å². The largest absolute Gasteiger partial charge is 0.479 e. The van der Waals surface area contributed by atoms with Crippen molar-refractivity contribution < 1.29 is 32.9 Å². The summed E-state index contributed by atoms with van der Waals surface area (Å²) in [6, 6.07) is 3.93. The van der Waals surface area contributed by atoms with Crippen molar-refractivity contribution in [2.75, 3.05) is 0 Å². The van der Waals surface area contributed by atoms with Gasteiger partial charge in [0.2, 0.25) is 0 Å². The van der Waals surface area contributed by atoms with Crippen LogP contribution >= 0.6 is 0 Å². The number of carboxylic acids is 1. The number of aliphatic hydroxyl groups is 1. The highest BCUT2D eigenvalue weighted by molar-refractivity contribution is 5.74. The first-order valence-electron chi connectivity index (χ1n) is 5.86. The number of benzene rings is 1. The number of aliphatic carboxylic acids is 1. The minimum Gasteiger partial charge on any atom is -0.479 e. The molecule has 0 amide bonds. The molecular weight excluding hydrogens is 277 g/mol. The normalized spacial score (nSPS) is 16.5. The molecule has 4 nitrogen and oxygen atoms in total. The highest BCUT2D eigenvalue weighted by atomic mass is 19.4. The average Bonchev–Trinajstić information content (AvgIpc) is 2.34. The highest BCUT2D eigenvalue weighted by Crippen LogP contribution is 2.31. The summed E-state index contributed by atoms with van der Waals surface area (Å²) < 4.78 is 42.9. The van der Waals surface area contributed by atoms with E-state index in [1.807, 2.05) is 0 Å². The van der Waals surface area contributed by atoms with Crippen LogP contribution in [0.15, 0.2) is 24.3 Å². The first-order chi connectivity index (χ1) is 9.12. The number of carboxylic acid groups (broad SMARTS) is 1. The zero-order chi connectivity index (χ0) is 15.5. The van der Waals surface area contributed by atoms with Crippen molar-refractivity contribution in [2.45, 2.75) is 38.3 Å². The minimum atomic E-state index is -4.56. The highest BCUT2D eigenvalue weighted by Gasteiger charge is 2.32. The molecule has 0 aliphatic rings. The lowest BCUT2D eigenvalue weighted by Gasteiger charge is -2.22. The molecule has 0 saturated carbocycles. The van der Waals surface area contributed by atoms with Crippen LogP contribution in [-0.4, -0.2) is 28.4 Å². The molecule has 1 aromatic rings. The quantitative estimate of drug-likeness (QED) is 0.875. The van der Waals surface area contributed by atoms with Gasteiger partial charge in [-0.2, -0.15) is 13.2 Å². The summed E-state index contributed by atoms with van der Waals surface area (Å²) >= 11 is 0.